The molecule has 1 saturated heterocycles. The number of piperazine rings is 1. The van der Waals surface area contributed by atoms with E-state index in [4.69, 9.17) is 0 Å². The molecule has 0 aliphatic carbocycles. The van der Waals surface area contributed by atoms with Gasteiger partial charge in [0.2, 0.25) is 5.91 Å². The van der Waals surface area contributed by atoms with Crippen molar-refractivity contribution in [3.05, 3.63) is 29.8 Å². The van der Waals surface area contributed by atoms with E-state index in [1.807, 2.05) is 0 Å². The van der Waals surface area contributed by atoms with Crippen LogP contribution in [0, 0.1) is 11.6 Å². The second-order valence-electron chi connectivity index (χ2n) is 5.51. The summed E-state index contributed by atoms with van der Waals surface area (Å²) in [7, 11) is 0. The van der Waals surface area contributed by atoms with Gasteiger partial charge in [-0.1, -0.05) is 0 Å². The highest BCUT2D eigenvalue weighted by Gasteiger charge is 2.43. The molecule has 1 heterocycles. The number of hydrogen-bond donors (Lipinski definition) is 2. The highest BCUT2D eigenvalue weighted by molar-refractivity contribution is 8.00. The number of halogens is 6. The van der Waals surface area contributed by atoms with Gasteiger partial charge in [0, 0.05) is 37.6 Å². The van der Waals surface area contributed by atoms with Gasteiger partial charge in [-0.2, -0.15) is 13.2 Å². The predicted molar refractivity (Wildman–Crippen MR) is 91.6 cm³/mol. The number of hydrogen-bond acceptors (Lipinski definition) is 4. The molecule has 0 radical (unpaired) electrons. The SMILES string of the molecule is Cl.O=C(CSc1ccc(F)c(F)c1)NCC(N1CCNCC1)C(F)(F)F. The number of nitrogens with zero attached hydrogens (tertiary/aromatic N) is 1. The summed E-state index contributed by atoms with van der Waals surface area (Å²) in [5.74, 6) is -2.82. The zero-order valence-electron chi connectivity index (χ0n) is 13.6. The summed E-state index contributed by atoms with van der Waals surface area (Å²) < 4.78 is 65.5. The van der Waals surface area contributed by atoms with Crippen molar-refractivity contribution in [1.82, 2.24) is 15.5 Å². The molecule has 1 amide bonds. The molecule has 1 aliphatic rings. The molecule has 11 heteroatoms. The van der Waals surface area contributed by atoms with Crippen LogP contribution in [0.15, 0.2) is 23.1 Å². The van der Waals surface area contributed by atoms with E-state index in [0.717, 1.165) is 23.9 Å². The first-order chi connectivity index (χ1) is 11.8. The van der Waals surface area contributed by atoms with Gasteiger partial charge in [0.15, 0.2) is 11.6 Å². The fourth-order valence-corrected chi connectivity index (χ4v) is 3.17. The van der Waals surface area contributed by atoms with E-state index in [1.54, 1.807) is 0 Å². The molecule has 0 saturated carbocycles. The number of carbonyl (C=O) groups excluding carboxylic acids is 1. The Hall–Kier alpha value is -1.10. The minimum Gasteiger partial charge on any atom is -0.353 e. The van der Waals surface area contributed by atoms with Crippen molar-refractivity contribution in [3.8, 4) is 0 Å². The van der Waals surface area contributed by atoms with Gasteiger partial charge in [-0.25, -0.2) is 8.78 Å². The molecule has 4 nitrogen and oxygen atoms in total. The molecule has 1 fully saturated rings. The second kappa shape index (κ2) is 10.3. The molecule has 0 bridgehead atoms. The summed E-state index contributed by atoms with van der Waals surface area (Å²) in [6, 6.07) is 1.42. The van der Waals surface area contributed by atoms with Crippen LogP contribution in [0.5, 0.6) is 0 Å². The molecular formula is C15H19ClF5N3OS. The molecule has 0 aromatic heterocycles. The first-order valence-electron chi connectivity index (χ1n) is 7.63. The number of nitrogens with one attached hydrogen (secondary N) is 2. The van der Waals surface area contributed by atoms with Crippen molar-refractivity contribution in [2.75, 3.05) is 38.5 Å². The van der Waals surface area contributed by atoms with Crippen molar-refractivity contribution >= 4 is 30.1 Å². The summed E-state index contributed by atoms with van der Waals surface area (Å²) in [5.41, 5.74) is 0. The van der Waals surface area contributed by atoms with E-state index < -0.39 is 36.3 Å². The number of rotatable bonds is 6. The molecule has 1 aliphatic heterocycles. The zero-order chi connectivity index (χ0) is 18.4. The summed E-state index contributed by atoms with van der Waals surface area (Å²) >= 11 is 0.923. The average Bonchev–Trinajstić information content (AvgIpc) is 2.56. The highest BCUT2D eigenvalue weighted by atomic mass is 35.5. The van der Waals surface area contributed by atoms with E-state index in [-0.39, 0.29) is 31.2 Å². The second-order valence-corrected chi connectivity index (χ2v) is 6.56. The first-order valence-corrected chi connectivity index (χ1v) is 8.62. The van der Waals surface area contributed by atoms with Crippen LogP contribution in [0.2, 0.25) is 0 Å². The van der Waals surface area contributed by atoms with Crippen LogP contribution in [-0.4, -0.2) is 61.5 Å². The zero-order valence-corrected chi connectivity index (χ0v) is 15.2. The summed E-state index contributed by atoms with van der Waals surface area (Å²) in [4.78, 5) is 13.4. The lowest BCUT2D eigenvalue weighted by atomic mass is 10.2. The maximum Gasteiger partial charge on any atom is 0.405 e. The monoisotopic (exact) mass is 419 g/mol. The van der Waals surface area contributed by atoms with Crippen LogP contribution in [0.3, 0.4) is 0 Å². The van der Waals surface area contributed by atoms with Crippen LogP contribution in [0.1, 0.15) is 0 Å². The number of benzene rings is 1. The van der Waals surface area contributed by atoms with E-state index in [1.165, 1.54) is 11.0 Å². The Morgan fingerprint density at radius 2 is 1.88 bits per heavy atom. The van der Waals surface area contributed by atoms with Gasteiger partial charge in [-0.05, 0) is 18.2 Å². The number of thioether (sulfide) groups is 1. The number of carbonyl (C=O) groups is 1. The largest absolute Gasteiger partial charge is 0.405 e. The smallest absolute Gasteiger partial charge is 0.353 e. The van der Waals surface area contributed by atoms with Crippen molar-refractivity contribution in [1.29, 1.82) is 0 Å². The van der Waals surface area contributed by atoms with Gasteiger partial charge in [0.05, 0.1) is 5.75 Å². The molecule has 148 valence electrons. The van der Waals surface area contributed by atoms with Crippen LogP contribution < -0.4 is 10.6 Å². The van der Waals surface area contributed by atoms with Gasteiger partial charge in [0.1, 0.15) is 6.04 Å². The maximum atomic E-state index is 13.2. The molecule has 1 atom stereocenters. The maximum absolute atomic E-state index is 13.2. The first kappa shape index (κ1) is 22.9. The Morgan fingerprint density at radius 1 is 1.23 bits per heavy atom. The lowest BCUT2D eigenvalue weighted by Gasteiger charge is -2.35. The minimum absolute atomic E-state index is 0. The standard InChI is InChI=1S/C15H18F5N3OS.ClH/c16-11-2-1-10(7-12(11)17)25-9-14(24)22-8-13(15(18,19)20)23-5-3-21-4-6-23;/h1-2,7,13,21H,3-6,8-9H2,(H,22,24);1H. The Kier molecular flexibility index (Phi) is 9.08. The summed E-state index contributed by atoms with van der Waals surface area (Å²) in [6.45, 7) is 0.896. The third-order valence-electron chi connectivity index (χ3n) is 3.72. The Bertz CT molecular complexity index is 599. The van der Waals surface area contributed by atoms with E-state index in [2.05, 4.69) is 10.6 Å². The molecule has 1 aromatic rings. The van der Waals surface area contributed by atoms with E-state index in [0.29, 0.717) is 18.0 Å². The van der Waals surface area contributed by atoms with Gasteiger partial charge >= 0.3 is 6.18 Å². The van der Waals surface area contributed by atoms with Gasteiger partial charge in [-0.15, -0.1) is 24.2 Å². The van der Waals surface area contributed by atoms with Gasteiger partial charge < -0.3 is 10.6 Å². The van der Waals surface area contributed by atoms with Crippen molar-refractivity contribution in [2.45, 2.75) is 17.1 Å². The van der Waals surface area contributed by atoms with Crippen LogP contribution >= 0.6 is 24.2 Å². The molecule has 0 spiro atoms. The topological polar surface area (TPSA) is 44.4 Å². The van der Waals surface area contributed by atoms with Crippen molar-refractivity contribution in [3.63, 3.8) is 0 Å². The molecule has 2 rings (SSSR count). The Balaban J connectivity index is 0.00000338. The summed E-state index contributed by atoms with van der Waals surface area (Å²) in [6.07, 6.45) is -4.45. The lowest BCUT2D eigenvalue weighted by Crippen LogP contribution is -2.57. The van der Waals surface area contributed by atoms with E-state index in [9.17, 15) is 26.7 Å². The third kappa shape index (κ3) is 6.90. The normalized spacial score (nSPS) is 16.7. The van der Waals surface area contributed by atoms with Crippen molar-refractivity contribution < 1.29 is 26.7 Å². The Labute approximate surface area is 158 Å². The number of alkyl halides is 3. The fraction of sp³-hybridized carbons (Fsp3) is 0.533. The van der Waals surface area contributed by atoms with Crippen molar-refractivity contribution in [2.24, 2.45) is 0 Å². The van der Waals surface area contributed by atoms with E-state index >= 15 is 0 Å². The molecule has 26 heavy (non-hydrogen) atoms. The molecular weight excluding hydrogens is 401 g/mol. The highest BCUT2D eigenvalue weighted by Crippen LogP contribution is 2.25. The molecule has 1 aromatic carbocycles. The van der Waals surface area contributed by atoms with Gasteiger partial charge in [0.25, 0.3) is 0 Å². The number of amides is 1. The Morgan fingerprint density at radius 3 is 2.46 bits per heavy atom. The molecule has 1 unspecified atom stereocenters. The predicted octanol–water partition coefficient (Wildman–Crippen LogP) is 2.43. The quantitative estimate of drug-likeness (QED) is 0.549. The lowest BCUT2D eigenvalue weighted by molar-refractivity contribution is -0.183. The summed E-state index contributed by atoms with van der Waals surface area (Å²) in [5, 5.41) is 5.25. The van der Waals surface area contributed by atoms with Crippen LogP contribution in [0.25, 0.3) is 0 Å². The third-order valence-corrected chi connectivity index (χ3v) is 4.72. The van der Waals surface area contributed by atoms with Crippen LogP contribution in [-0.2, 0) is 4.79 Å². The fourth-order valence-electron chi connectivity index (χ4n) is 2.42. The average molecular weight is 420 g/mol. The minimum atomic E-state index is -4.45. The van der Waals surface area contributed by atoms with Gasteiger partial charge in [-0.3, -0.25) is 9.69 Å². The van der Waals surface area contributed by atoms with Crippen LogP contribution in [0.4, 0.5) is 22.0 Å². The molecule has 2 N–H and O–H groups in total.